The number of ketones is 1. The number of benzene rings is 2. The predicted molar refractivity (Wildman–Crippen MR) is 112 cm³/mol. The molecule has 2 aliphatic rings. The fraction of sp³-hybridized carbons (Fsp3) is 0.348. The zero-order valence-corrected chi connectivity index (χ0v) is 17.4. The maximum absolute atomic E-state index is 13.1. The molecule has 0 heterocycles. The van der Waals surface area contributed by atoms with Crippen LogP contribution in [0.15, 0.2) is 59.1 Å². The zero-order chi connectivity index (χ0) is 20.4. The molecule has 0 unspecified atom stereocenters. The van der Waals surface area contributed by atoms with Gasteiger partial charge in [0.05, 0.1) is 5.92 Å². The highest BCUT2D eigenvalue weighted by molar-refractivity contribution is 9.10. The molecule has 0 spiro atoms. The molecule has 0 radical (unpaired) electrons. The van der Waals surface area contributed by atoms with E-state index < -0.39 is 17.8 Å². The lowest BCUT2D eigenvalue weighted by Gasteiger charge is -2.28. The number of nitrogens with one attached hydrogen (secondary N) is 1. The van der Waals surface area contributed by atoms with E-state index in [0.717, 1.165) is 23.7 Å². The second kappa shape index (κ2) is 8.49. The van der Waals surface area contributed by atoms with Crippen molar-refractivity contribution in [2.75, 3.05) is 11.9 Å². The fourth-order valence-corrected chi connectivity index (χ4v) is 5.03. The van der Waals surface area contributed by atoms with Gasteiger partial charge in [-0.15, -0.1) is 0 Å². The molecule has 5 nitrogen and oxygen atoms in total. The summed E-state index contributed by atoms with van der Waals surface area (Å²) in [6, 6.07) is 16.3. The van der Waals surface area contributed by atoms with Gasteiger partial charge in [-0.1, -0.05) is 46.3 Å². The van der Waals surface area contributed by atoms with E-state index >= 15 is 0 Å². The maximum atomic E-state index is 13.1. The van der Waals surface area contributed by atoms with Crippen molar-refractivity contribution in [1.82, 2.24) is 0 Å². The van der Waals surface area contributed by atoms with Crippen LogP contribution in [-0.2, 0) is 14.3 Å². The highest BCUT2D eigenvalue weighted by Crippen LogP contribution is 2.53. The molecule has 6 heteroatoms. The van der Waals surface area contributed by atoms with E-state index in [4.69, 9.17) is 4.74 Å². The van der Waals surface area contributed by atoms with Crippen LogP contribution in [0.1, 0.15) is 29.6 Å². The Bertz CT molecular complexity index is 912. The van der Waals surface area contributed by atoms with Gasteiger partial charge in [-0.2, -0.15) is 0 Å². The van der Waals surface area contributed by atoms with Crippen molar-refractivity contribution in [2.45, 2.75) is 19.3 Å². The molecule has 1 amide bonds. The molecule has 2 saturated carbocycles. The quantitative estimate of drug-likeness (QED) is 0.514. The van der Waals surface area contributed by atoms with Crippen molar-refractivity contribution < 1.29 is 19.1 Å². The average molecular weight is 456 g/mol. The first-order valence-corrected chi connectivity index (χ1v) is 10.6. The lowest BCUT2D eigenvalue weighted by Crippen LogP contribution is -2.37. The van der Waals surface area contributed by atoms with Crippen LogP contribution in [0.4, 0.5) is 5.69 Å². The van der Waals surface area contributed by atoms with Gasteiger partial charge in [-0.25, -0.2) is 0 Å². The molecule has 150 valence electrons. The SMILES string of the molecule is O=C(COC(=O)[C@H]1[C@H]2CC[C@@H](C2)[C@H]1C(=O)c1ccccc1)Nc1ccc(Br)cc1. The number of halogens is 1. The summed E-state index contributed by atoms with van der Waals surface area (Å²) in [5, 5.41) is 2.70. The Balaban J connectivity index is 1.39. The van der Waals surface area contributed by atoms with Gasteiger partial charge in [0.25, 0.3) is 5.91 Å². The van der Waals surface area contributed by atoms with Crippen molar-refractivity contribution in [2.24, 2.45) is 23.7 Å². The molecule has 2 bridgehead atoms. The van der Waals surface area contributed by atoms with Crippen molar-refractivity contribution in [1.29, 1.82) is 0 Å². The Labute approximate surface area is 178 Å². The number of hydrogen-bond acceptors (Lipinski definition) is 4. The van der Waals surface area contributed by atoms with Gasteiger partial charge in [0.1, 0.15) is 0 Å². The number of amides is 1. The van der Waals surface area contributed by atoms with Gasteiger partial charge in [-0.05, 0) is 55.4 Å². The number of ether oxygens (including phenoxy) is 1. The van der Waals surface area contributed by atoms with Crippen LogP contribution in [0.25, 0.3) is 0 Å². The first-order valence-electron chi connectivity index (χ1n) is 9.84. The molecule has 4 rings (SSSR count). The predicted octanol–water partition coefficient (Wildman–Crippen LogP) is 4.48. The smallest absolute Gasteiger partial charge is 0.310 e. The standard InChI is InChI=1S/C23H22BrNO4/c24-17-8-10-18(11-9-17)25-19(26)13-29-23(28)21-16-7-6-15(12-16)20(21)22(27)14-4-2-1-3-5-14/h1-5,8-11,15-16,20-21H,6-7,12-13H2,(H,25,26)/t15-,16-,20+,21-/m0/s1. The summed E-state index contributed by atoms with van der Waals surface area (Å²) >= 11 is 3.34. The Kier molecular flexibility index (Phi) is 5.81. The van der Waals surface area contributed by atoms with E-state index in [0.29, 0.717) is 11.3 Å². The minimum absolute atomic E-state index is 0.0130. The molecule has 0 aromatic heterocycles. The maximum Gasteiger partial charge on any atom is 0.310 e. The summed E-state index contributed by atoms with van der Waals surface area (Å²) in [5.74, 6) is -1.23. The van der Waals surface area contributed by atoms with Crippen LogP contribution in [0.5, 0.6) is 0 Å². The summed E-state index contributed by atoms with van der Waals surface area (Å²) in [6.45, 7) is -0.352. The Morgan fingerprint density at radius 1 is 0.931 bits per heavy atom. The Hall–Kier alpha value is -2.47. The third-order valence-electron chi connectivity index (χ3n) is 6.02. The lowest BCUT2D eigenvalue weighted by atomic mass is 9.75. The van der Waals surface area contributed by atoms with Crippen LogP contribution in [0.2, 0.25) is 0 Å². The first-order chi connectivity index (χ1) is 14.0. The minimum atomic E-state index is -0.457. The normalized spacial score (nSPS) is 24.9. The third kappa shape index (κ3) is 4.27. The van der Waals surface area contributed by atoms with Crippen molar-refractivity contribution >= 4 is 39.3 Å². The summed E-state index contributed by atoms with van der Waals surface area (Å²) in [4.78, 5) is 38.0. The molecule has 2 aromatic carbocycles. The largest absolute Gasteiger partial charge is 0.455 e. The number of carbonyl (C=O) groups is 3. The van der Waals surface area contributed by atoms with E-state index in [2.05, 4.69) is 21.2 Å². The number of esters is 1. The zero-order valence-electron chi connectivity index (χ0n) is 15.8. The Morgan fingerprint density at radius 3 is 2.28 bits per heavy atom. The van der Waals surface area contributed by atoms with Crippen LogP contribution in [-0.4, -0.2) is 24.3 Å². The Morgan fingerprint density at radius 2 is 1.59 bits per heavy atom. The van der Waals surface area contributed by atoms with E-state index in [1.807, 2.05) is 30.3 Å². The molecule has 1 N–H and O–H groups in total. The van der Waals surface area contributed by atoms with E-state index in [9.17, 15) is 14.4 Å². The molecule has 4 atom stereocenters. The molecule has 2 aliphatic carbocycles. The molecule has 0 saturated heterocycles. The molecule has 2 aromatic rings. The highest BCUT2D eigenvalue weighted by Gasteiger charge is 2.54. The summed E-state index contributed by atoms with van der Waals surface area (Å²) < 4.78 is 6.25. The van der Waals surface area contributed by atoms with Gasteiger partial charge < -0.3 is 10.1 Å². The topological polar surface area (TPSA) is 72.5 Å². The van der Waals surface area contributed by atoms with Crippen molar-refractivity contribution in [3.05, 3.63) is 64.6 Å². The number of hydrogen-bond donors (Lipinski definition) is 1. The number of fused-ring (bicyclic) bond motifs is 2. The van der Waals surface area contributed by atoms with E-state index in [1.165, 1.54) is 0 Å². The molecular formula is C23H22BrNO4. The van der Waals surface area contributed by atoms with Crippen LogP contribution in [0, 0.1) is 23.7 Å². The second-order valence-electron chi connectivity index (χ2n) is 7.78. The lowest BCUT2D eigenvalue weighted by molar-refractivity contribution is -0.154. The van der Waals surface area contributed by atoms with Crippen molar-refractivity contribution in [3.63, 3.8) is 0 Å². The van der Waals surface area contributed by atoms with Gasteiger partial charge >= 0.3 is 5.97 Å². The minimum Gasteiger partial charge on any atom is -0.455 e. The summed E-state index contributed by atoms with van der Waals surface area (Å²) in [5.41, 5.74) is 1.27. The molecule has 0 aliphatic heterocycles. The molecule has 29 heavy (non-hydrogen) atoms. The van der Waals surface area contributed by atoms with Crippen LogP contribution in [0.3, 0.4) is 0 Å². The van der Waals surface area contributed by atoms with Gasteiger partial charge in [0, 0.05) is 21.6 Å². The monoisotopic (exact) mass is 455 g/mol. The molecular weight excluding hydrogens is 434 g/mol. The highest BCUT2D eigenvalue weighted by atomic mass is 79.9. The number of rotatable bonds is 6. The molecule has 2 fully saturated rings. The fourth-order valence-electron chi connectivity index (χ4n) is 4.77. The van der Waals surface area contributed by atoms with Crippen LogP contribution < -0.4 is 5.32 Å². The number of carbonyl (C=O) groups excluding carboxylic acids is 3. The van der Waals surface area contributed by atoms with Gasteiger partial charge in [-0.3, -0.25) is 14.4 Å². The average Bonchev–Trinajstić information content (AvgIpc) is 3.35. The number of anilines is 1. The van der Waals surface area contributed by atoms with Crippen molar-refractivity contribution in [3.8, 4) is 0 Å². The van der Waals surface area contributed by atoms with E-state index in [1.54, 1.807) is 24.3 Å². The van der Waals surface area contributed by atoms with Gasteiger partial charge in [0.2, 0.25) is 0 Å². The first kappa shape index (κ1) is 19.8. The number of Topliss-reactive ketones (excluding diaryl/α,β-unsaturated/α-hetero) is 1. The second-order valence-corrected chi connectivity index (χ2v) is 8.69. The van der Waals surface area contributed by atoms with Gasteiger partial charge in [0.15, 0.2) is 12.4 Å². The summed E-state index contributed by atoms with van der Waals surface area (Å²) in [7, 11) is 0. The summed E-state index contributed by atoms with van der Waals surface area (Å²) in [6.07, 6.45) is 2.80. The van der Waals surface area contributed by atoms with Crippen LogP contribution >= 0.6 is 15.9 Å². The third-order valence-corrected chi connectivity index (χ3v) is 6.55. The van der Waals surface area contributed by atoms with E-state index in [-0.39, 0.29) is 30.1 Å².